The fourth-order valence-corrected chi connectivity index (χ4v) is 2.09. The van der Waals surface area contributed by atoms with Crippen LogP contribution in [0.25, 0.3) is 0 Å². The van der Waals surface area contributed by atoms with Gasteiger partial charge in [0, 0.05) is 13.1 Å². The van der Waals surface area contributed by atoms with E-state index in [1.807, 2.05) is 36.4 Å². The number of nitrogens with zero attached hydrogens (tertiary/aromatic N) is 1. The molecule has 4 heteroatoms. The predicted octanol–water partition coefficient (Wildman–Crippen LogP) is 3.32. The summed E-state index contributed by atoms with van der Waals surface area (Å²) in [4.78, 5) is 4.35. The van der Waals surface area contributed by atoms with Crippen molar-refractivity contribution in [1.82, 2.24) is 10.3 Å². The molecule has 0 aliphatic heterocycles. The molecule has 0 unspecified atom stereocenters. The lowest BCUT2D eigenvalue weighted by atomic mass is 10.2. The predicted molar refractivity (Wildman–Crippen MR) is 80.3 cm³/mol. The van der Waals surface area contributed by atoms with Crippen LogP contribution < -0.4 is 10.1 Å². The first-order valence-electron chi connectivity index (χ1n) is 6.26. The third-order valence-electron chi connectivity index (χ3n) is 2.62. The van der Waals surface area contributed by atoms with Crippen molar-refractivity contribution in [3.8, 4) is 5.75 Å². The van der Waals surface area contributed by atoms with Gasteiger partial charge in [0.25, 0.3) is 0 Å². The van der Waals surface area contributed by atoms with Crippen LogP contribution in [0.5, 0.6) is 5.75 Å². The second-order valence-electron chi connectivity index (χ2n) is 4.29. The Balaban J connectivity index is 1.67. The minimum atomic E-state index is 0.650. The van der Waals surface area contributed by atoms with E-state index in [0.717, 1.165) is 29.1 Å². The molecule has 0 aliphatic rings. The van der Waals surface area contributed by atoms with Crippen molar-refractivity contribution in [3.63, 3.8) is 0 Å². The maximum absolute atomic E-state index is 5.66. The molecule has 0 spiro atoms. The lowest BCUT2D eigenvalue weighted by Gasteiger charge is -2.08. The van der Waals surface area contributed by atoms with Crippen LogP contribution in [0.1, 0.15) is 11.3 Å². The Labute approximate surface area is 122 Å². The van der Waals surface area contributed by atoms with Gasteiger partial charge in [0.15, 0.2) is 0 Å². The fraction of sp³-hybridized carbons (Fsp3) is 0.267. The van der Waals surface area contributed by atoms with E-state index in [4.69, 9.17) is 4.74 Å². The Morgan fingerprint density at radius 2 is 2.05 bits per heavy atom. The van der Waals surface area contributed by atoms with E-state index in [9.17, 15) is 0 Å². The maximum Gasteiger partial charge on any atom is 0.119 e. The molecule has 0 fully saturated rings. The molecule has 1 heterocycles. The Hall–Kier alpha value is -1.39. The summed E-state index contributed by atoms with van der Waals surface area (Å²) in [5.74, 6) is 0.919. The lowest BCUT2D eigenvalue weighted by molar-refractivity contribution is 0.313. The van der Waals surface area contributed by atoms with E-state index in [-0.39, 0.29) is 0 Å². The number of hydrogen-bond acceptors (Lipinski definition) is 3. The van der Waals surface area contributed by atoms with Crippen molar-refractivity contribution in [2.24, 2.45) is 0 Å². The summed E-state index contributed by atoms with van der Waals surface area (Å²) in [6.45, 7) is 4.25. The number of rotatable bonds is 6. The van der Waals surface area contributed by atoms with E-state index < -0.39 is 0 Å². The van der Waals surface area contributed by atoms with E-state index in [2.05, 4.69) is 39.2 Å². The van der Waals surface area contributed by atoms with Crippen LogP contribution in [0.15, 0.2) is 47.1 Å². The molecule has 0 aliphatic carbocycles. The van der Waals surface area contributed by atoms with E-state index >= 15 is 0 Å². The average molecular weight is 321 g/mol. The second-order valence-corrected chi connectivity index (χ2v) is 5.11. The monoisotopic (exact) mass is 320 g/mol. The molecule has 2 aromatic rings. The van der Waals surface area contributed by atoms with Crippen LogP contribution in [-0.2, 0) is 6.54 Å². The molecular formula is C15H17BrN2O. The first-order valence-corrected chi connectivity index (χ1v) is 7.05. The number of ether oxygens (including phenoxy) is 1. The molecule has 3 nitrogen and oxygen atoms in total. The van der Waals surface area contributed by atoms with Crippen molar-refractivity contribution < 1.29 is 4.74 Å². The molecule has 19 heavy (non-hydrogen) atoms. The minimum absolute atomic E-state index is 0.650. The van der Waals surface area contributed by atoms with Gasteiger partial charge in [-0.25, -0.2) is 4.98 Å². The number of hydrogen-bond donors (Lipinski definition) is 1. The van der Waals surface area contributed by atoms with Crippen LogP contribution in [0.2, 0.25) is 0 Å². The number of halogens is 1. The van der Waals surface area contributed by atoms with E-state index in [1.165, 1.54) is 5.56 Å². The largest absolute Gasteiger partial charge is 0.492 e. The summed E-state index contributed by atoms with van der Waals surface area (Å²) in [5.41, 5.74) is 2.23. The Morgan fingerprint density at radius 3 is 2.84 bits per heavy atom. The van der Waals surface area contributed by atoms with Crippen molar-refractivity contribution in [2.45, 2.75) is 13.5 Å². The van der Waals surface area contributed by atoms with Crippen molar-refractivity contribution in [3.05, 3.63) is 58.3 Å². The SMILES string of the molecule is Cc1cccc(OCCNCc2cccc(Br)n2)c1. The highest BCUT2D eigenvalue weighted by molar-refractivity contribution is 9.10. The minimum Gasteiger partial charge on any atom is -0.492 e. The Bertz CT molecular complexity index is 484. The van der Waals surface area contributed by atoms with Gasteiger partial charge in [-0.3, -0.25) is 0 Å². The van der Waals surface area contributed by atoms with Gasteiger partial charge in [0.05, 0.1) is 5.69 Å². The first kappa shape index (κ1) is 14.0. The van der Waals surface area contributed by atoms with Crippen LogP contribution >= 0.6 is 15.9 Å². The third kappa shape index (κ3) is 5.01. The molecule has 1 aromatic heterocycles. The molecule has 0 saturated heterocycles. The standard InChI is InChI=1S/C15H17BrN2O/c1-12-4-2-6-14(10-12)19-9-8-17-11-13-5-3-7-15(16)18-13/h2-7,10,17H,8-9,11H2,1H3. The first-order chi connectivity index (χ1) is 9.24. The molecule has 0 radical (unpaired) electrons. The second kappa shape index (κ2) is 7.26. The van der Waals surface area contributed by atoms with Gasteiger partial charge in [0.1, 0.15) is 17.0 Å². The number of nitrogens with one attached hydrogen (secondary N) is 1. The van der Waals surface area contributed by atoms with Crippen LogP contribution in [0.4, 0.5) is 0 Å². The molecule has 1 N–H and O–H groups in total. The van der Waals surface area contributed by atoms with Crippen molar-refractivity contribution >= 4 is 15.9 Å². The van der Waals surface area contributed by atoms with Gasteiger partial charge >= 0.3 is 0 Å². The Morgan fingerprint density at radius 1 is 1.21 bits per heavy atom. The molecule has 0 atom stereocenters. The zero-order chi connectivity index (χ0) is 13.5. The van der Waals surface area contributed by atoms with E-state index in [0.29, 0.717) is 6.61 Å². The summed E-state index contributed by atoms with van der Waals surface area (Å²) in [7, 11) is 0. The molecule has 1 aromatic carbocycles. The highest BCUT2D eigenvalue weighted by Crippen LogP contribution is 2.11. The van der Waals surface area contributed by atoms with Crippen LogP contribution in [-0.4, -0.2) is 18.1 Å². The van der Waals surface area contributed by atoms with Gasteiger partial charge in [-0.05, 0) is 52.7 Å². The van der Waals surface area contributed by atoms with Gasteiger partial charge in [-0.2, -0.15) is 0 Å². The van der Waals surface area contributed by atoms with Gasteiger partial charge in [-0.15, -0.1) is 0 Å². The zero-order valence-electron chi connectivity index (χ0n) is 10.9. The zero-order valence-corrected chi connectivity index (χ0v) is 12.5. The van der Waals surface area contributed by atoms with Crippen molar-refractivity contribution in [1.29, 1.82) is 0 Å². The summed E-state index contributed by atoms with van der Waals surface area (Å²) in [6.07, 6.45) is 0. The Kier molecular flexibility index (Phi) is 5.36. The summed E-state index contributed by atoms with van der Waals surface area (Å²) in [5, 5.41) is 3.31. The summed E-state index contributed by atoms with van der Waals surface area (Å²) >= 11 is 3.36. The van der Waals surface area contributed by atoms with Gasteiger partial charge < -0.3 is 10.1 Å². The number of pyridine rings is 1. The summed E-state index contributed by atoms with van der Waals surface area (Å²) < 4.78 is 6.52. The third-order valence-corrected chi connectivity index (χ3v) is 3.06. The molecule has 100 valence electrons. The van der Waals surface area contributed by atoms with E-state index in [1.54, 1.807) is 0 Å². The smallest absolute Gasteiger partial charge is 0.119 e. The normalized spacial score (nSPS) is 10.4. The number of aryl methyl sites for hydroxylation is 1. The highest BCUT2D eigenvalue weighted by Gasteiger charge is 1.96. The summed E-state index contributed by atoms with van der Waals surface area (Å²) in [6, 6.07) is 14.0. The van der Waals surface area contributed by atoms with Crippen molar-refractivity contribution in [2.75, 3.05) is 13.2 Å². The van der Waals surface area contributed by atoms with Crippen LogP contribution in [0.3, 0.4) is 0 Å². The van der Waals surface area contributed by atoms with Gasteiger partial charge in [-0.1, -0.05) is 18.2 Å². The van der Waals surface area contributed by atoms with Crippen LogP contribution in [0, 0.1) is 6.92 Å². The molecule has 0 amide bonds. The topological polar surface area (TPSA) is 34.1 Å². The number of benzene rings is 1. The average Bonchev–Trinajstić information content (AvgIpc) is 2.38. The molecule has 2 rings (SSSR count). The van der Waals surface area contributed by atoms with Gasteiger partial charge in [0.2, 0.25) is 0 Å². The highest BCUT2D eigenvalue weighted by atomic mass is 79.9. The fourth-order valence-electron chi connectivity index (χ4n) is 1.71. The lowest BCUT2D eigenvalue weighted by Crippen LogP contribution is -2.21. The maximum atomic E-state index is 5.66. The molecular weight excluding hydrogens is 304 g/mol. The quantitative estimate of drug-likeness (QED) is 0.655. The molecule has 0 saturated carbocycles. The number of aromatic nitrogens is 1. The molecule has 0 bridgehead atoms.